The van der Waals surface area contributed by atoms with Gasteiger partial charge >= 0.3 is 6.36 Å². The van der Waals surface area contributed by atoms with Crippen molar-refractivity contribution in [3.05, 3.63) is 24.3 Å². The van der Waals surface area contributed by atoms with Crippen LogP contribution < -0.4 is 9.46 Å². The molecule has 0 radical (unpaired) electrons. The molecule has 0 unspecified atom stereocenters. The topological polar surface area (TPSA) is 64.6 Å². The van der Waals surface area contributed by atoms with Crippen LogP contribution in [0.1, 0.15) is 6.42 Å². The first-order valence-electron chi connectivity index (χ1n) is 5.59. The lowest BCUT2D eigenvalue weighted by Gasteiger charge is -2.10. The zero-order valence-corrected chi connectivity index (χ0v) is 11.4. The number of hydrogen-bond donors (Lipinski definition) is 1. The number of sulfonamides is 1. The normalized spacial score (nSPS) is 12.4. The summed E-state index contributed by atoms with van der Waals surface area (Å²) in [5.41, 5.74) is 0. The monoisotopic (exact) mass is 313 g/mol. The fourth-order valence-corrected chi connectivity index (χ4v) is 2.40. The number of methoxy groups -OCH3 is 1. The minimum atomic E-state index is -4.81. The molecular weight excluding hydrogens is 299 g/mol. The van der Waals surface area contributed by atoms with Crippen molar-refractivity contribution in [2.24, 2.45) is 0 Å². The third-order valence-corrected chi connectivity index (χ3v) is 3.66. The smallest absolute Gasteiger partial charge is 0.406 e. The van der Waals surface area contributed by atoms with Crippen molar-refractivity contribution in [1.29, 1.82) is 0 Å². The molecule has 5 nitrogen and oxygen atoms in total. The second kappa shape index (κ2) is 6.91. The fraction of sp³-hybridized carbons (Fsp3) is 0.455. The van der Waals surface area contributed by atoms with E-state index in [1.54, 1.807) is 0 Å². The number of benzene rings is 1. The zero-order valence-electron chi connectivity index (χ0n) is 10.6. The summed E-state index contributed by atoms with van der Waals surface area (Å²) in [6.45, 7) is 0.581. The summed E-state index contributed by atoms with van der Waals surface area (Å²) in [7, 11) is -2.25. The second-order valence-electron chi connectivity index (χ2n) is 3.76. The molecule has 0 bridgehead atoms. The van der Waals surface area contributed by atoms with Gasteiger partial charge in [0.25, 0.3) is 0 Å². The Kier molecular flexibility index (Phi) is 5.78. The van der Waals surface area contributed by atoms with Crippen molar-refractivity contribution in [3.8, 4) is 5.75 Å². The molecule has 0 aromatic heterocycles. The fourth-order valence-electron chi connectivity index (χ4n) is 1.33. The summed E-state index contributed by atoms with van der Waals surface area (Å²) < 4.78 is 70.1. The van der Waals surface area contributed by atoms with Crippen LogP contribution in [-0.2, 0) is 14.8 Å². The summed E-state index contributed by atoms with van der Waals surface area (Å²) in [4.78, 5) is -0.135. The van der Waals surface area contributed by atoms with Crippen LogP contribution in [-0.4, -0.2) is 35.0 Å². The van der Waals surface area contributed by atoms with E-state index in [4.69, 9.17) is 4.74 Å². The minimum Gasteiger partial charge on any atom is -0.406 e. The molecule has 114 valence electrons. The van der Waals surface area contributed by atoms with Crippen molar-refractivity contribution in [2.75, 3.05) is 20.3 Å². The van der Waals surface area contributed by atoms with E-state index in [1.165, 1.54) is 7.11 Å². The predicted octanol–water partition coefficient (Wildman–Crippen LogP) is 1.90. The molecule has 0 aliphatic heterocycles. The van der Waals surface area contributed by atoms with E-state index in [2.05, 4.69) is 9.46 Å². The lowest BCUT2D eigenvalue weighted by molar-refractivity contribution is -0.274. The quantitative estimate of drug-likeness (QED) is 0.781. The van der Waals surface area contributed by atoms with Crippen LogP contribution in [0.4, 0.5) is 13.2 Å². The van der Waals surface area contributed by atoms with Gasteiger partial charge in [-0.3, -0.25) is 0 Å². The van der Waals surface area contributed by atoms with Crippen molar-refractivity contribution < 1.29 is 31.1 Å². The molecule has 1 N–H and O–H groups in total. The summed E-state index contributed by atoms with van der Waals surface area (Å²) >= 11 is 0. The number of halogens is 3. The minimum absolute atomic E-state index is 0.135. The number of alkyl halides is 3. The van der Waals surface area contributed by atoms with E-state index in [9.17, 15) is 21.6 Å². The summed E-state index contributed by atoms with van der Waals surface area (Å²) in [6, 6.07) is 3.97. The highest BCUT2D eigenvalue weighted by molar-refractivity contribution is 7.89. The van der Waals surface area contributed by atoms with Crippen molar-refractivity contribution in [2.45, 2.75) is 17.7 Å². The van der Waals surface area contributed by atoms with E-state index in [1.807, 2.05) is 0 Å². The Labute approximate surface area is 114 Å². The Hall–Kier alpha value is -1.32. The van der Waals surface area contributed by atoms with E-state index < -0.39 is 22.1 Å². The maximum absolute atomic E-state index is 12.0. The molecule has 0 aliphatic carbocycles. The third-order valence-electron chi connectivity index (χ3n) is 2.18. The predicted molar refractivity (Wildman–Crippen MR) is 64.8 cm³/mol. The highest BCUT2D eigenvalue weighted by atomic mass is 32.2. The molecule has 1 aromatic rings. The van der Waals surface area contributed by atoms with Crippen LogP contribution in [0, 0.1) is 0 Å². The van der Waals surface area contributed by atoms with Crippen LogP contribution in [0.5, 0.6) is 5.75 Å². The molecule has 0 saturated heterocycles. The van der Waals surface area contributed by atoms with Gasteiger partial charge < -0.3 is 9.47 Å². The molecule has 1 aromatic carbocycles. The molecule has 1 rings (SSSR count). The van der Waals surface area contributed by atoms with Crippen LogP contribution in [0.3, 0.4) is 0 Å². The maximum Gasteiger partial charge on any atom is 0.573 e. The third kappa shape index (κ3) is 5.76. The highest BCUT2D eigenvalue weighted by Gasteiger charge is 2.31. The van der Waals surface area contributed by atoms with Crippen LogP contribution >= 0.6 is 0 Å². The lowest BCUT2D eigenvalue weighted by Crippen LogP contribution is -2.25. The Morgan fingerprint density at radius 3 is 2.30 bits per heavy atom. The van der Waals surface area contributed by atoms with Crippen molar-refractivity contribution in [3.63, 3.8) is 0 Å². The van der Waals surface area contributed by atoms with E-state index in [0.717, 1.165) is 24.3 Å². The van der Waals surface area contributed by atoms with Gasteiger partial charge in [0.1, 0.15) is 5.75 Å². The molecule has 0 heterocycles. The Bertz CT molecular complexity index is 513. The van der Waals surface area contributed by atoms with Gasteiger partial charge in [-0.15, -0.1) is 13.2 Å². The Balaban J connectivity index is 2.67. The highest BCUT2D eigenvalue weighted by Crippen LogP contribution is 2.23. The largest absolute Gasteiger partial charge is 0.573 e. The maximum atomic E-state index is 12.0. The summed E-state index contributed by atoms with van der Waals surface area (Å²) in [6.07, 6.45) is -4.32. The number of nitrogens with one attached hydrogen (secondary N) is 1. The van der Waals surface area contributed by atoms with Gasteiger partial charge in [-0.1, -0.05) is 0 Å². The molecular formula is C11H14F3NO4S. The van der Waals surface area contributed by atoms with Crippen LogP contribution in [0.15, 0.2) is 29.2 Å². The standard InChI is InChI=1S/C11H14F3NO4S/c1-18-8-2-7-15-20(16,17)10-5-3-9(4-6-10)19-11(12,13)14/h3-6,15H,2,7-8H2,1H3. The average Bonchev–Trinajstić information content (AvgIpc) is 2.33. The van der Waals surface area contributed by atoms with Gasteiger partial charge in [-0.2, -0.15) is 0 Å². The second-order valence-corrected chi connectivity index (χ2v) is 5.53. The Morgan fingerprint density at radius 2 is 1.80 bits per heavy atom. The SMILES string of the molecule is COCCCNS(=O)(=O)c1ccc(OC(F)(F)F)cc1. The van der Waals surface area contributed by atoms with Gasteiger partial charge in [0, 0.05) is 20.3 Å². The van der Waals surface area contributed by atoms with E-state index >= 15 is 0 Å². The van der Waals surface area contributed by atoms with Crippen molar-refractivity contribution >= 4 is 10.0 Å². The first-order valence-corrected chi connectivity index (χ1v) is 7.07. The van der Waals surface area contributed by atoms with E-state index in [-0.39, 0.29) is 11.4 Å². The first kappa shape index (κ1) is 16.7. The van der Waals surface area contributed by atoms with Gasteiger partial charge in [-0.05, 0) is 30.7 Å². The molecule has 20 heavy (non-hydrogen) atoms. The zero-order chi connectivity index (χ0) is 15.2. The molecule has 9 heteroatoms. The summed E-state index contributed by atoms with van der Waals surface area (Å²) in [5, 5.41) is 0. The van der Waals surface area contributed by atoms with Crippen LogP contribution in [0.25, 0.3) is 0 Å². The Morgan fingerprint density at radius 1 is 1.20 bits per heavy atom. The lowest BCUT2D eigenvalue weighted by atomic mass is 10.3. The molecule has 0 fully saturated rings. The molecule has 0 saturated carbocycles. The van der Waals surface area contributed by atoms with Crippen molar-refractivity contribution in [1.82, 2.24) is 4.72 Å². The molecule has 0 spiro atoms. The molecule has 0 amide bonds. The number of rotatable bonds is 7. The van der Waals surface area contributed by atoms with Gasteiger partial charge in [0.15, 0.2) is 0 Å². The number of ether oxygens (including phenoxy) is 2. The number of hydrogen-bond acceptors (Lipinski definition) is 4. The van der Waals surface area contributed by atoms with Gasteiger partial charge in [0.05, 0.1) is 4.90 Å². The van der Waals surface area contributed by atoms with Gasteiger partial charge in [-0.25, -0.2) is 13.1 Å². The summed E-state index contributed by atoms with van der Waals surface area (Å²) in [5.74, 6) is -0.476. The first-order chi connectivity index (χ1) is 9.24. The van der Waals surface area contributed by atoms with Gasteiger partial charge in [0.2, 0.25) is 10.0 Å². The molecule has 0 aliphatic rings. The average molecular weight is 313 g/mol. The van der Waals surface area contributed by atoms with E-state index in [0.29, 0.717) is 13.0 Å². The van der Waals surface area contributed by atoms with Crippen LogP contribution in [0.2, 0.25) is 0 Å². The molecule has 0 atom stereocenters.